The number of halogens is 1. The summed E-state index contributed by atoms with van der Waals surface area (Å²) in [5, 5.41) is 11.8. The van der Waals surface area contributed by atoms with Gasteiger partial charge in [0.1, 0.15) is 5.75 Å². The summed E-state index contributed by atoms with van der Waals surface area (Å²) in [6, 6.07) is 13.4. The largest absolute Gasteiger partial charge is 0.484 e. The van der Waals surface area contributed by atoms with Gasteiger partial charge in [0.2, 0.25) is 0 Å². The molecule has 2 rings (SSSR count). The van der Waals surface area contributed by atoms with E-state index in [1.54, 1.807) is 42.5 Å². The average molecular weight is 302 g/mol. The highest BCUT2D eigenvalue weighted by molar-refractivity contribution is 6.34. The number of carbonyl (C=O) groups excluding carboxylic acids is 1. The van der Waals surface area contributed by atoms with E-state index in [-0.39, 0.29) is 12.5 Å². The van der Waals surface area contributed by atoms with Gasteiger partial charge in [-0.25, -0.2) is 0 Å². The van der Waals surface area contributed by atoms with E-state index in [2.05, 4.69) is 5.32 Å². The van der Waals surface area contributed by atoms with Gasteiger partial charge in [-0.2, -0.15) is 5.26 Å². The van der Waals surface area contributed by atoms with Crippen LogP contribution < -0.4 is 15.8 Å². The summed E-state index contributed by atoms with van der Waals surface area (Å²) in [6.45, 7) is -0.185. The molecule has 21 heavy (non-hydrogen) atoms. The Morgan fingerprint density at radius 2 is 2.14 bits per heavy atom. The van der Waals surface area contributed by atoms with Gasteiger partial charge in [0.25, 0.3) is 5.91 Å². The van der Waals surface area contributed by atoms with Crippen LogP contribution >= 0.6 is 11.6 Å². The second-order valence-electron chi connectivity index (χ2n) is 4.22. The van der Waals surface area contributed by atoms with Crippen molar-refractivity contribution in [2.75, 3.05) is 17.7 Å². The maximum Gasteiger partial charge on any atom is 0.262 e. The lowest BCUT2D eigenvalue weighted by molar-refractivity contribution is -0.118. The highest BCUT2D eigenvalue weighted by atomic mass is 35.5. The molecule has 0 aliphatic rings. The van der Waals surface area contributed by atoms with Crippen LogP contribution in [-0.4, -0.2) is 12.5 Å². The molecule has 0 aromatic heterocycles. The topological polar surface area (TPSA) is 88.1 Å². The van der Waals surface area contributed by atoms with E-state index in [0.29, 0.717) is 27.7 Å². The number of nitriles is 1. The molecule has 0 unspecified atom stereocenters. The van der Waals surface area contributed by atoms with Crippen LogP contribution in [0.15, 0.2) is 42.5 Å². The first-order valence-electron chi connectivity index (χ1n) is 6.06. The molecule has 0 radical (unpaired) electrons. The lowest BCUT2D eigenvalue weighted by Gasteiger charge is -2.09. The van der Waals surface area contributed by atoms with E-state index in [1.807, 2.05) is 6.07 Å². The van der Waals surface area contributed by atoms with Crippen LogP contribution in [0.5, 0.6) is 5.75 Å². The number of benzene rings is 2. The zero-order valence-electron chi connectivity index (χ0n) is 11.0. The van der Waals surface area contributed by atoms with Gasteiger partial charge in [-0.1, -0.05) is 17.7 Å². The normalized spacial score (nSPS) is 9.71. The van der Waals surface area contributed by atoms with Crippen molar-refractivity contribution in [3.8, 4) is 11.8 Å². The summed E-state index contributed by atoms with van der Waals surface area (Å²) >= 11 is 5.96. The molecule has 0 fully saturated rings. The summed E-state index contributed by atoms with van der Waals surface area (Å²) in [6.07, 6.45) is 0. The number of nitrogens with two attached hydrogens (primary N) is 1. The maximum atomic E-state index is 11.8. The van der Waals surface area contributed by atoms with Crippen molar-refractivity contribution in [2.24, 2.45) is 0 Å². The quantitative estimate of drug-likeness (QED) is 0.850. The van der Waals surface area contributed by atoms with Gasteiger partial charge < -0.3 is 15.8 Å². The van der Waals surface area contributed by atoms with Crippen LogP contribution in [0.25, 0.3) is 0 Å². The number of anilines is 2. The predicted octanol–water partition coefficient (Wildman–Crippen LogP) is 2.81. The maximum absolute atomic E-state index is 11.8. The van der Waals surface area contributed by atoms with Gasteiger partial charge in [-0.15, -0.1) is 0 Å². The lowest BCUT2D eigenvalue weighted by atomic mass is 10.2. The third kappa shape index (κ3) is 4.13. The highest BCUT2D eigenvalue weighted by Crippen LogP contribution is 2.24. The van der Waals surface area contributed by atoms with Crippen molar-refractivity contribution in [1.82, 2.24) is 0 Å². The van der Waals surface area contributed by atoms with Crippen LogP contribution in [-0.2, 0) is 4.79 Å². The van der Waals surface area contributed by atoms with Crippen molar-refractivity contribution in [1.29, 1.82) is 5.26 Å². The van der Waals surface area contributed by atoms with Crippen LogP contribution in [0, 0.1) is 11.3 Å². The zero-order valence-corrected chi connectivity index (χ0v) is 11.7. The first-order chi connectivity index (χ1) is 10.1. The highest BCUT2D eigenvalue weighted by Gasteiger charge is 2.07. The fourth-order valence-electron chi connectivity index (χ4n) is 1.62. The van der Waals surface area contributed by atoms with Crippen LogP contribution in [0.3, 0.4) is 0 Å². The minimum atomic E-state index is -0.357. The van der Waals surface area contributed by atoms with Crippen molar-refractivity contribution < 1.29 is 9.53 Å². The fourth-order valence-corrected chi connectivity index (χ4v) is 1.86. The van der Waals surface area contributed by atoms with E-state index in [4.69, 9.17) is 27.3 Å². The molecule has 0 aliphatic carbocycles. The second-order valence-corrected chi connectivity index (χ2v) is 4.62. The van der Waals surface area contributed by atoms with Crippen LogP contribution in [0.1, 0.15) is 5.56 Å². The van der Waals surface area contributed by atoms with E-state index in [1.165, 1.54) is 0 Å². The van der Waals surface area contributed by atoms with E-state index in [0.717, 1.165) is 0 Å². The van der Waals surface area contributed by atoms with E-state index in [9.17, 15) is 4.79 Å². The molecule has 0 spiro atoms. The molecular weight excluding hydrogens is 290 g/mol. The second kappa shape index (κ2) is 6.64. The molecule has 0 saturated heterocycles. The van der Waals surface area contributed by atoms with Gasteiger partial charge >= 0.3 is 0 Å². The molecule has 106 valence electrons. The number of ether oxygens (including phenoxy) is 1. The smallest absolute Gasteiger partial charge is 0.262 e. The third-order valence-corrected chi connectivity index (χ3v) is 2.91. The molecule has 0 heterocycles. The van der Waals surface area contributed by atoms with Crippen molar-refractivity contribution in [2.45, 2.75) is 0 Å². The Morgan fingerprint density at radius 1 is 1.33 bits per heavy atom. The number of nitrogens with one attached hydrogen (secondary N) is 1. The summed E-state index contributed by atoms with van der Waals surface area (Å²) in [7, 11) is 0. The van der Waals surface area contributed by atoms with Gasteiger partial charge in [0.15, 0.2) is 6.61 Å². The minimum Gasteiger partial charge on any atom is -0.484 e. The fraction of sp³-hybridized carbons (Fsp3) is 0.0667. The van der Waals surface area contributed by atoms with Crippen molar-refractivity contribution in [3.05, 3.63) is 53.1 Å². The third-order valence-electron chi connectivity index (χ3n) is 2.60. The first kappa shape index (κ1) is 14.7. The molecule has 0 saturated carbocycles. The number of nitrogen functional groups attached to an aromatic ring is 1. The standard InChI is InChI=1S/C15H12ClN3O2/c16-13-7-11(18)4-5-14(13)19-15(20)9-21-12-3-1-2-10(6-12)8-17/h1-7H,9,18H2,(H,19,20). The predicted molar refractivity (Wildman–Crippen MR) is 81.1 cm³/mol. The summed E-state index contributed by atoms with van der Waals surface area (Å²) in [5.41, 5.74) is 7.02. The molecular formula is C15H12ClN3O2. The Bertz CT molecular complexity index is 710. The first-order valence-corrected chi connectivity index (χ1v) is 6.44. The van der Waals surface area contributed by atoms with Crippen molar-refractivity contribution >= 4 is 28.9 Å². The number of hydrogen-bond acceptors (Lipinski definition) is 4. The Labute approximate surface area is 126 Å². The molecule has 0 atom stereocenters. The van der Waals surface area contributed by atoms with Crippen LogP contribution in [0.4, 0.5) is 11.4 Å². The zero-order chi connectivity index (χ0) is 15.2. The van der Waals surface area contributed by atoms with E-state index >= 15 is 0 Å². The Kier molecular flexibility index (Phi) is 4.64. The number of hydrogen-bond donors (Lipinski definition) is 2. The molecule has 2 aromatic carbocycles. The lowest BCUT2D eigenvalue weighted by Crippen LogP contribution is -2.20. The summed E-state index contributed by atoms with van der Waals surface area (Å²) < 4.78 is 5.32. The molecule has 0 bridgehead atoms. The number of carbonyl (C=O) groups is 1. The Morgan fingerprint density at radius 3 is 2.86 bits per heavy atom. The molecule has 3 N–H and O–H groups in total. The molecule has 1 amide bonds. The minimum absolute atomic E-state index is 0.185. The SMILES string of the molecule is N#Cc1cccc(OCC(=O)Nc2ccc(N)cc2Cl)c1. The molecule has 6 heteroatoms. The molecule has 0 aliphatic heterocycles. The monoisotopic (exact) mass is 301 g/mol. The number of nitrogens with zero attached hydrogens (tertiary/aromatic N) is 1. The molecule has 5 nitrogen and oxygen atoms in total. The van der Waals surface area contributed by atoms with Gasteiger partial charge in [-0.3, -0.25) is 4.79 Å². The summed E-state index contributed by atoms with van der Waals surface area (Å²) in [5.74, 6) is 0.0941. The Hall–Kier alpha value is -2.71. The van der Waals surface area contributed by atoms with Gasteiger partial charge in [-0.05, 0) is 36.4 Å². The van der Waals surface area contributed by atoms with Gasteiger partial charge in [0.05, 0.1) is 22.3 Å². The van der Waals surface area contributed by atoms with E-state index < -0.39 is 0 Å². The summed E-state index contributed by atoms with van der Waals surface area (Å²) in [4.78, 5) is 11.8. The van der Waals surface area contributed by atoms with Crippen LogP contribution in [0.2, 0.25) is 5.02 Å². The molecule has 2 aromatic rings. The average Bonchev–Trinajstić information content (AvgIpc) is 2.48. The number of rotatable bonds is 4. The van der Waals surface area contributed by atoms with Crippen molar-refractivity contribution in [3.63, 3.8) is 0 Å². The number of amides is 1. The van der Waals surface area contributed by atoms with Gasteiger partial charge in [0, 0.05) is 5.69 Å². The Balaban J connectivity index is 1.94.